The number of nitrogens with one attached hydrogen (secondary N) is 1. The minimum absolute atomic E-state index is 0.134. The molecule has 33 heavy (non-hydrogen) atoms. The molecule has 2 amide bonds. The van der Waals surface area contributed by atoms with Crippen molar-refractivity contribution < 1.29 is 23.8 Å². The van der Waals surface area contributed by atoms with Gasteiger partial charge in [-0.25, -0.2) is 0 Å². The molecule has 0 bridgehead atoms. The summed E-state index contributed by atoms with van der Waals surface area (Å²) in [5.41, 5.74) is 2.09. The zero-order valence-corrected chi connectivity index (χ0v) is 19.9. The van der Waals surface area contributed by atoms with Crippen LogP contribution in [0.25, 0.3) is 0 Å². The van der Waals surface area contributed by atoms with Gasteiger partial charge in [0, 0.05) is 30.8 Å². The van der Waals surface area contributed by atoms with Crippen molar-refractivity contribution in [1.29, 1.82) is 0 Å². The number of methoxy groups -OCH3 is 2. The van der Waals surface area contributed by atoms with E-state index in [2.05, 4.69) is 5.32 Å². The van der Waals surface area contributed by atoms with Crippen LogP contribution in [-0.4, -0.2) is 49.6 Å². The highest BCUT2D eigenvalue weighted by Crippen LogP contribution is 2.27. The molecule has 0 aromatic heterocycles. The van der Waals surface area contributed by atoms with Crippen molar-refractivity contribution in [2.45, 2.75) is 58.2 Å². The highest BCUT2D eigenvalue weighted by atomic mass is 16.5. The van der Waals surface area contributed by atoms with Gasteiger partial charge in [-0.05, 0) is 32.3 Å². The molecule has 7 heteroatoms. The fourth-order valence-electron chi connectivity index (χ4n) is 3.96. The summed E-state index contributed by atoms with van der Waals surface area (Å²) in [6.07, 6.45) is 4.24. The fraction of sp³-hybridized carbons (Fsp3) is 0.462. The van der Waals surface area contributed by atoms with E-state index in [0.717, 1.165) is 36.8 Å². The number of amides is 2. The van der Waals surface area contributed by atoms with Gasteiger partial charge in [0.15, 0.2) is 6.61 Å². The Labute approximate surface area is 196 Å². The van der Waals surface area contributed by atoms with E-state index in [-0.39, 0.29) is 24.5 Å². The van der Waals surface area contributed by atoms with Gasteiger partial charge in [0.1, 0.15) is 23.3 Å². The number of nitrogens with zero attached hydrogens (tertiary/aromatic N) is 1. The lowest BCUT2D eigenvalue weighted by atomic mass is 10.1. The fourth-order valence-corrected chi connectivity index (χ4v) is 3.96. The van der Waals surface area contributed by atoms with E-state index < -0.39 is 6.04 Å². The Morgan fingerprint density at radius 2 is 1.58 bits per heavy atom. The quantitative estimate of drug-likeness (QED) is 0.590. The summed E-state index contributed by atoms with van der Waals surface area (Å²) in [4.78, 5) is 27.8. The minimum Gasteiger partial charge on any atom is -0.496 e. The van der Waals surface area contributed by atoms with Crippen LogP contribution in [0.3, 0.4) is 0 Å². The average Bonchev–Trinajstić information content (AvgIpc) is 3.34. The zero-order valence-electron chi connectivity index (χ0n) is 19.9. The smallest absolute Gasteiger partial charge is 0.261 e. The average molecular weight is 455 g/mol. The van der Waals surface area contributed by atoms with Crippen LogP contribution in [0.4, 0.5) is 0 Å². The normalized spacial score (nSPS) is 14.4. The Balaban J connectivity index is 1.73. The predicted octanol–water partition coefficient (Wildman–Crippen LogP) is 3.87. The Bertz CT molecular complexity index is 916. The van der Waals surface area contributed by atoms with Crippen LogP contribution in [0, 0.1) is 6.92 Å². The van der Waals surface area contributed by atoms with Crippen molar-refractivity contribution in [2.24, 2.45) is 0 Å². The van der Waals surface area contributed by atoms with Crippen molar-refractivity contribution in [3.63, 3.8) is 0 Å². The van der Waals surface area contributed by atoms with Crippen LogP contribution in [0.5, 0.6) is 17.2 Å². The van der Waals surface area contributed by atoms with Crippen LogP contribution in [0.15, 0.2) is 42.5 Å². The second-order valence-corrected chi connectivity index (χ2v) is 8.51. The maximum absolute atomic E-state index is 13.2. The lowest BCUT2D eigenvalue weighted by Crippen LogP contribution is -2.50. The third-order valence-corrected chi connectivity index (χ3v) is 6.03. The van der Waals surface area contributed by atoms with E-state index in [1.165, 1.54) is 0 Å². The number of hydrogen-bond donors (Lipinski definition) is 1. The summed E-state index contributed by atoms with van der Waals surface area (Å²) < 4.78 is 16.3. The maximum Gasteiger partial charge on any atom is 0.261 e. The van der Waals surface area contributed by atoms with Crippen LogP contribution >= 0.6 is 0 Å². The third-order valence-electron chi connectivity index (χ3n) is 6.03. The monoisotopic (exact) mass is 454 g/mol. The van der Waals surface area contributed by atoms with Gasteiger partial charge in [0.2, 0.25) is 5.91 Å². The molecule has 7 nitrogen and oxygen atoms in total. The first-order valence-corrected chi connectivity index (χ1v) is 11.4. The molecule has 2 aromatic carbocycles. The van der Waals surface area contributed by atoms with Crippen molar-refractivity contribution in [3.05, 3.63) is 53.6 Å². The van der Waals surface area contributed by atoms with Crippen LogP contribution in [0.2, 0.25) is 0 Å². The minimum atomic E-state index is -0.622. The summed E-state index contributed by atoms with van der Waals surface area (Å²) in [6, 6.07) is 12.6. The summed E-state index contributed by atoms with van der Waals surface area (Å²) >= 11 is 0. The molecular formula is C26H34N2O5. The van der Waals surface area contributed by atoms with Crippen LogP contribution in [-0.2, 0) is 16.1 Å². The van der Waals surface area contributed by atoms with Gasteiger partial charge in [0.05, 0.1) is 14.2 Å². The molecule has 0 radical (unpaired) electrons. The van der Waals surface area contributed by atoms with Gasteiger partial charge in [-0.2, -0.15) is 0 Å². The molecule has 3 rings (SSSR count). The number of aryl methyl sites for hydroxylation is 1. The Morgan fingerprint density at radius 1 is 1.00 bits per heavy atom. The SMILES string of the molecule is COc1cc(OC)cc(OCC(=O)N(Cc2ccc(C)cc2)C(C)C(=O)NC2CCCC2)c1. The molecule has 1 aliphatic rings. The first-order valence-electron chi connectivity index (χ1n) is 11.4. The van der Waals surface area contributed by atoms with Crippen LogP contribution < -0.4 is 19.5 Å². The van der Waals surface area contributed by atoms with Crippen molar-refractivity contribution in [2.75, 3.05) is 20.8 Å². The van der Waals surface area contributed by atoms with E-state index >= 15 is 0 Å². The lowest BCUT2D eigenvalue weighted by molar-refractivity contribution is -0.142. The zero-order chi connectivity index (χ0) is 23.8. The molecule has 2 aromatic rings. The predicted molar refractivity (Wildman–Crippen MR) is 127 cm³/mol. The van der Waals surface area contributed by atoms with Crippen LogP contribution in [0.1, 0.15) is 43.7 Å². The molecule has 1 aliphatic carbocycles. The van der Waals surface area contributed by atoms with Gasteiger partial charge in [-0.1, -0.05) is 42.7 Å². The summed E-state index contributed by atoms with van der Waals surface area (Å²) in [5, 5.41) is 3.11. The van der Waals surface area contributed by atoms with Gasteiger partial charge >= 0.3 is 0 Å². The maximum atomic E-state index is 13.2. The molecule has 1 fully saturated rings. The molecule has 178 valence electrons. The molecule has 1 unspecified atom stereocenters. The van der Waals surface area contributed by atoms with E-state index in [9.17, 15) is 9.59 Å². The summed E-state index contributed by atoms with van der Waals surface area (Å²) in [5.74, 6) is 1.19. The van der Waals surface area contributed by atoms with Gasteiger partial charge in [-0.3, -0.25) is 9.59 Å². The number of carbonyl (C=O) groups is 2. The molecule has 0 saturated heterocycles. The van der Waals surface area contributed by atoms with Crippen molar-refractivity contribution in [3.8, 4) is 17.2 Å². The largest absolute Gasteiger partial charge is 0.496 e. The summed E-state index contributed by atoms with van der Waals surface area (Å²) in [7, 11) is 3.11. The third kappa shape index (κ3) is 6.88. The highest BCUT2D eigenvalue weighted by molar-refractivity contribution is 5.88. The Hall–Kier alpha value is -3.22. The highest BCUT2D eigenvalue weighted by Gasteiger charge is 2.28. The van der Waals surface area contributed by atoms with Crippen molar-refractivity contribution >= 4 is 11.8 Å². The van der Waals surface area contributed by atoms with E-state index in [4.69, 9.17) is 14.2 Å². The number of rotatable bonds is 10. The Morgan fingerprint density at radius 3 is 2.15 bits per heavy atom. The standard InChI is InChI=1S/C26H34N2O5/c1-18-9-11-20(12-10-18)16-28(19(2)26(30)27-21-7-5-6-8-21)25(29)17-33-24-14-22(31-3)13-23(15-24)32-4/h9-15,19,21H,5-8,16-17H2,1-4H3,(H,27,30). The van der Waals surface area contributed by atoms with Gasteiger partial charge < -0.3 is 24.4 Å². The second kappa shape index (κ2) is 11.6. The lowest BCUT2D eigenvalue weighted by Gasteiger charge is -2.29. The molecular weight excluding hydrogens is 420 g/mol. The number of ether oxygens (including phenoxy) is 3. The van der Waals surface area contributed by atoms with E-state index in [1.54, 1.807) is 44.2 Å². The van der Waals surface area contributed by atoms with E-state index in [1.807, 2.05) is 31.2 Å². The topological polar surface area (TPSA) is 77.1 Å². The number of hydrogen-bond acceptors (Lipinski definition) is 5. The Kier molecular flexibility index (Phi) is 8.58. The summed E-state index contributed by atoms with van der Waals surface area (Å²) in [6.45, 7) is 3.90. The number of carbonyl (C=O) groups excluding carboxylic acids is 2. The molecule has 0 aliphatic heterocycles. The first-order chi connectivity index (χ1) is 15.9. The molecule has 0 spiro atoms. The van der Waals surface area contributed by atoms with E-state index in [0.29, 0.717) is 23.8 Å². The molecule has 1 N–H and O–H groups in total. The number of benzene rings is 2. The van der Waals surface area contributed by atoms with Gasteiger partial charge in [0.25, 0.3) is 5.91 Å². The first kappa shape index (κ1) is 24.4. The second-order valence-electron chi connectivity index (χ2n) is 8.51. The molecule has 1 atom stereocenters. The van der Waals surface area contributed by atoms with Gasteiger partial charge in [-0.15, -0.1) is 0 Å². The molecule has 1 saturated carbocycles. The van der Waals surface area contributed by atoms with Crippen molar-refractivity contribution in [1.82, 2.24) is 10.2 Å². The molecule has 0 heterocycles.